The Kier molecular flexibility index (Phi) is 5.86. The van der Waals surface area contributed by atoms with E-state index in [0.29, 0.717) is 17.8 Å². The molecule has 0 saturated heterocycles. The highest BCUT2D eigenvalue weighted by Crippen LogP contribution is 2.38. The van der Waals surface area contributed by atoms with Gasteiger partial charge in [-0.2, -0.15) is 11.3 Å². The standard InChI is InChI=1S/C18H29NOS/c1-12(2)16-6-5-13(3)9-17(16)18(20)19-14(4)10-15-7-8-21-11-15/h7-8,11-14,16-17H,5-6,9-10H2,1-4H3,(H,19,20)/t13-,14?,16+,17-/m1/s1. The first-order valence-electron chi connectivity index (χ1n) is 8.28. The number of hydrogen-bond donors (Lipinski definition) is 1. The van der Waals surface area contributed by atoms with Crippen LogP contribution in [0.5, 0.6) is 0 Å². The van der Waals surface area contributed by atoms with Crippen molar-refractivity contribution in [1.82, 2.24) is 5.32 Å². The van der Waals surface area contributed by atoms with E-state index >= 15 is 0 Å². The molecule has 0 bridgehead atoms. The first-order chi connectivity index (χ1) is 9.97. The molecule has 1 fully saturated rings. The van der Waals surface area contributed by atoms with Crippen LogP contribution in [0.3, 0.4) is 0 Å². The summed E-state index contributed by atoms with van der Waals surface area (Å²) in [6.45, 7) is 8.92. The van der Waals surface area contributed by atoms with Gasteiger partial charge in [0.15, 0.2) is 0 Å². The quantitative estimate of drug-likeness (QED) is 0.852. The molecule has 1 aliphatic rings. The predicted octanol–water partition coefficient (Wildman–Crippen LogP) is 4.50. The minimum absolute atomic E-state index is 0.207. The van der Waals surface area contributed by atoms with E-state index in [-0.39, 0.29) is 17.9 Å². The summed E-state index contributed by atoms with van der Waals surface area (Å²) >= 11 is 1.72. The molecule has 1 amide bonds. The Labute approximate surface area is 133 Å². The van der Waals surface area contributed by atoms with Gasteiger partial charge in [0.05, 0.1) is 0 Å². The van der Waals surface area contributed by atoms with Gasteiger partial charge in [-0.3, -0.25) is 4.79 Å². The maximum absolute atomic E-state index is 12.7. The highest BCUT2D eigenvalue weighted by atomic mass is 32.1. The Balaban J connectivity index is 1.93. The molecule has 2 nitrogen and oxygen atoms in total. The number of carbonyl (C=O) groups is 1. The molecule has 1 N–H and O–H groups in total. The highest BCUT2D eigenvalue weighted by Gasteiger charge is 2.35. The second-order valence-electron chi connectivity index (χ2n) is 7.18. The van der Waals surface area contributed by atoms with Gasteiger partial charge in [0.1, 0.15) is 0 Å². The van der Waals surface area contributed by atoms with Crippen LogP contribution >= 0.6 is 11.3 Å². The molecule has 21 heavy (non-hydrogen) atoms. The molecule has 1 heterocycles. The third-order valence-electron chi connectivity index (χ3n) is 4.87. The number of thiophene rings is 1. The molecule has 1 unspecified atom stereocenters. The van der Waals surface area contributed by atoms with E-state index in [9.17, 15) is 4.79 Å². The zero-order valence-electron chi connectivity index (χ0n) is 13.8. The first kappa shape index (κ1) is 16.5. The molecule has 1 aromatic rings. The molecular weight excluding hydrogens is 278 g/mol. The monoisotopic (exact) mass is 307 g/mol. The van der Waals surface area contributed by atoms with Crippen LogP contribution in [0.25, 0.3) is 0 Å². The number of rotatable bonds is 5. The minimum atomic E-state index is 0.207. The SMILES string of the molecule is CC(Cc1ccsc1)NC(=O)[C@@H]1C[C@H](C)CC[C@H]1C(C)C. The molecular formula is C18H29NOS. The Hall–Kier alpha value is -0.830. The first-order valence-corrected chi connectivity index (χ1v) is 9.23. The number of hydrogen-bond acceptors (Lipinski definition) is 2. The Morgan fingerprint density at radius 2 is 2.14 bits per heavy atom. The van der Waals surface area contributed by atoms with Gasteiger partial charge in [0, 0.05) is 12.0 Å². The number of carbonyl (C=O) groups excluding carboxylic acids is 1. The largest absolute Gasteiger partial charge is 0.353 e. The molecule has 1 aliphatic carbocycles. The summed E-state index contributed by atoms with van der Waals surface area (Å²) in [6.07, 6.45) is 4.47. The van der Waals surface area contributed by atoms with Crippen LogP contribution in [0.1, 0.15) is 52.5 Å². The molecule has 4 atom stereocenters. The molecule has 0 aromatic carbocycles. The zero-order chi connectivity index (χ0) is 15.4. The van der Waals surface area contributed by atoms with E-state index in [0.717, 1.165) is 12.8 Å². The average molecular weight is 308 g/mol. The van der Waals surface area contributed by atoms with Gasteiger partial charge in [-0.25, -0.2) is 0 Å². The summed E-state index contributed by atoms with van der Waals surface area (Å²) < 4.78 is 0. The zero-order valence-corrected chi connectivity index (χ0v) is 14.6. The van der Waals surface area contributed by atoms with Crippen molar-refractivity contribution >= 4 is 17.2 Å². The van der Waals surface area contributed by atoms with Crippen molar-refractivity contribution in [2.45, 2.75) is 59.4 Å². The number of amides is 1. The molecule has 118 valence electrons. The van der Waals surface area contributed by atoms with Crippen LogP contribution in [0.4, 0.5) is 0 Å². The molecule has 1 aromatic heterocycles. The topological polar surface area (TPSA) is 29.1 Å². The van der Waals surface area contributed by atoms with Gasteiger partial charge in [-0.15, -0.1) is 0 Å². The van der Waals surface area contributed by atoms with Gasteiger partial charge in [0.25, 0.3) is 0 Å². The lowest BCUT2D eigenvalue weighted by Gasteiger charge is -2.37. The fraction of sp³-hybridized carbons (Fsp3) is 0.722. The second kappa shape index (κ2) is 7.44. The van der Waals surface area contributed by atoms with E-state index in [1.54, 1.807) is 11.3 Å². The van der Waals surface area contributed by atoms with Gasteiger partial charge in [0.2, 0.25) is 5.91 Å². The lowest BCUT2D eigenvalue weighted by atomic mass is 9.69. The van der Waals surface area contributed by atoms with Gasteiger partial charge < -0.3 is 5.32 Å². The Morgan fingerprint density at radius 1 is 1.38 bits per heavy atom. The van der Waals surface area contributed by atoms with E-state index in [2.05, 4.69) is 49.8 Å². The summed E-state index contributed by atoms with van der Waals surface area (Å²) in [5, 5.41) is 7.53. The third kappa shape index (κ3) is 4.57. The molecule has 0 radical (unpaired) electrons. The molecule has 2 rings (SSSR count). The lowest BCUT2D eigenvalue weighted by molar-refractivity contribution is -0.129. The van der Waals surface area contributed by atoms with Crippen molar-refractivity contribution in [3.63, 3.8) is 0 Å². The van der Waals surface area contributed by atoms with Crippen molar-refractivity contribution in [2.75, 3.05) is 0 Å². The van der Waals surface area contributed by atoms with Crippen molar-refractivity contribution in [2.24, 2.45) is 23.7 Å². The van der Waals surface area contributed by atoms with Gasteiger partial charge in [-0.1, -0.05) is 27.2 Å². The molecule has 0 aliphatic heterocycles. The van der Waals surface area contributed by atoms with Crippen LogP contribution in [-0.2, 0) is 11.2 Å². The highest BCUT2D eigenvalue weighted by molar-refractivity contribution is 7.07. The average Bonchev–Trinajstić information content (AvgIpc) is 2.90. The van der Waals surface area contributed by atoms with Crippen LogP contribution in [0.2, 0.25) is 0 Å². The van der Waals surface area contributed by atoms with E-state index in [1.807, 2.05) is 0 Å². The van der Waals surface area contributed by atoms with Crippen molar-refractivity contribution in [3.8, 4) is 0 Å². The summed E-state index contributed by atoms with van der Waals surface area (Å²) in [5.41, 5.74) is 1.32. The van der Waals surface area contributed by atoms with Crippen LogP contribution in [0.15, 0.2) is 16.8 Å². The van der Waals surface area contributed by atoms with Crippen molar-refractivity contribution in [3.05, 3.63) is 22.4 Å². The van der Waals surface area contributed by atoms with Crippen molar-refractivity contribution in [1.29, 1.82) is 0 Å². The van der Waals surface area contributed by atoms with Gasteiger partial charge in [-0.05, 0) is 66.3 Å². The second-order valence-corrected chi connectivity index (χ2v) is 7.96. The summed E-state index contributed by atoms with van der Waals surface area (Å²) in [6, 6.07) is 2.37. The van der Waals surface area contributed by atoms with E-state index in [4.69, 9.17) is 0 Å². The molecule has 1 saturated carbocycles. The fourth-order valence-electron chi connectivity index (χ4n) is 3.67. The number of nitrogens with one attached hydrogen (secondary N) is 1. The van der Waals surface area contributed by atoms with Crippen molar-refractivity contribution < 1.29 is 4.79 Å². The van der Waals surface area contributed by atoms with Crippen LogP contribution in [-0.4, -0.2) is 11.9 Å². The minimum Gasteiger partial charge on any atom is -0.353 e. The maximum Gasteiger partial charge on any atom is 0.223 e. The third-order valence-corrected chi connectivity index (χ3v) is 5.60. The Morgan fingerprint density at radius 3 is 2.76 bits per heavy atom. The van der Waals surface area contributed by atoms with Crippen LogP contribution < -0.4 is 5.32 Å². The summed E-state index contributed by atoms with van der Waals surface area (Å²) in [7, 11) is 0. The van der Waals surface area contributed by atoms with Gasteiger partial charge >= 0.3 is 0 Å². The molecule has 0 spiro atoms. The summed E-state index contributed by atoms with van der Waals surface area (Å²) in [5.74, 6) is 2.32. The maximum atomic E-state index is 12.7. The lowest BCUT2D eigenvalue weighted by Crippen LogP contribution is -2.44. The predicted molar refractivity (Wildman–Crippen MR) is 90.5 cm³/mol. The Bertz CT molecular complexity index is 440. The summed E-state index contributed by atoms with van der Waals surface area (Å²) in [4.78, 5) is 12.7. The fourth-order valence-corrected chi connectivity index (χ4v) is 4.35. The van der Waals surface area contributed by atoms with E-state index < -0.39 is 0 Å². The normalized spacial score (nSPS) is 27.6. The smallest absolute Gasteiger partial charge is 0.223 e. The molecule has 3 heteroatoms. The van der Waals surface area contributed by atoms with Crippen LogP contribution in [0, 0.1) is 23.7 Å². The van der Waals surface area contributed by atoms with E-state index in [1.165, 1.54) is 18.4 Å².